The number of hydrogen-bond donors (Lipinski definition) is 0. The Balaban J connectivity index is 2.09. The summed E-state index contributed by atoms with van der Waals surface area (Å²) in [5, 5.41) is 0. The van der Waals surface area contributed by atoms with Crippen LogP contribution in [0.25, 0.3) is 0 Å². The van der Waals surface area contributed by atoms with Gasteiger partial charge < -0.3 is 0 Å². The van der Waals surface area contributed by atoms with Crippen molar-refractivity contribution >= 4 is 0 Å². The zero-order valence-corrected chi connectivity index (χ0v) is 7.80. The summed E-state index contributed by atoms with van der Waals surface area (Å²) >= 11 is 0. The maximum absolute atomic E-state index is 2.55. The highest BCUT2D eigenvalue weighted by Gasteiger charge is 2.61. The van der Waals surface area contributed by atoms with Crippen LogP contribution in [-0.2, 0) is 0 Å². The Morgan fingerprint density at radius 1 is 1.58 bits per heavy atom. The Morgan fingerprint density at radius 2 is 2.42 bits per heavy atom. The van der Waals surface area contributed by atoms with Crippen LogP contribution < -0.4 is 0 Å². The molecule has 0 bridgehead atoms. The number of likely N-dealkylation sites (N-methyl/N-ethyl adjacent to an activating group) is 1. The summed E-state index contributed by atoms with van der Waals surface area (Å²) in [7, 11) is 2.27. The van der Waals surface area contributed by atoms with E-state index < -0.39 is 0 Å². The van der Waals surface area contributed by atoms with Gasteiger partial charge in [0.1, 0.15) is 0 Å². The second kappa shape index (κ2) is 1.85. The van der Waals surface area contributed by atoms with Gasteiger partial charge in [-0.1, -0.05) is 17.7 Å². The molecule has 1 heterocycles. The zero-order valence-electron chi connectivity index (χ0n) is 7.80. The van der Waals surface area contributed by atoms with Crippen molar-refractivity contribution in [3.63, 3.8) is 0 Å². The maximum Gasteiger partial charge on any atom is 0.0491 e. The third kappa shape index (κ3) is 0.601. The summed E-state index contributed by atoms with van der Waals surface area (Å²) < 4.78 is 0. The van der Waals surface area contributed by atoms with Crippen LogP contribution in [0.15, 0.2) is 23.3 Å². The fraction of sp³-hybridized carbons (Fsp3) is 0.636. The highest BCUT2D eigenvalue weighted by Crippen LogP contribution is 2.60. The van der Waals surface area contributed by atoms with Crippen molar-refractivity contribution in [1.29, 1.82) is 0 Å². The van der Waals surface area contributed by atoms with Gasteiger partial charge in [0.2, 0.25) is 0 Å². The second-order valence-electron chi connectivity index (χ2n) is 4.49. The van der Waals surface area contributed by atoms with Crippen LogP contribution in [0.1, 0.15) is 19.8 Å². The van der Waals surface area contributed by atoms with Crippen molar-refractivity contribution < 1.29 is 0 Å². The van der Waals surface area contributed by atoms with E-state index in [4.69, 9.17) is 0 Å². The number of nitrogens with zero attached hydrogens (tertiary/aromatic N) is 1. The first kappa shape index (κ1) is 6.90. The van der Waals surface area contributed by atoms with Crippen LogP contribution in [0.4, 0.5) is 0 Å². The smallest absolute Gasteiger partial charge is 0.0491 e. The molecule has 2 atom stereocenters. The van der Waals surface area contributed by atoms with Gasteiger partial charge in [-0.2, -0.15) is 0 Å². The number of rotatable bonds is 0. The van der Waals surface area contributed by atoms with Crippen molar-refractivity contribution in [1.82, 2.24) is 4.90 Å². The standard InChI is InChI=1S/C11H15N/c1-8-5-9-3-4-12(2)11(9)7-10(11)6-8/h5-6,10H,3-4,7H2,1-2H3. The van der Waals surface area contributed by atoms with E-state index in [1.807, 2.05) is 0 Å². The normalized spacial score (nSPS) is 44.7. The average Bonchev–Trinajstić information content (AvgIpc) is 2.67. The molecule has 1 aliphatic heterocycles. The van der Waals surface area contributed by atoms with Gasteiger partial charge in [-0.3, -0.25) is 4.90 Å². The minimum Gasteiger partial charge on any atom is -0.296 e. The molecule has 1 saturated carbocycles. The summed E-state index contributed by atoms with van der Waals surface area (Å²) in [4.78, 5) is 2.55. The first-order valence-corrected chi connectivity index (χ1v) is 4.84. The van der Waals surface area contributed by atoms with Crippen LogP contribution in [0, 0.1) is 5.92 Å². The molecule has 2 aliphatic carbocycles. The van der Waals surface area contributed by atoms with E-state index in [0.29, 0.717) is 5.54 Å². The summed E-state index contributed by atoms with van der Waals surface area (Å²) in [5.74, 6) is 0.852. The maximum atomic E-state index is 2.55. The van der Waals surface area contributed by atoms with Gasteiger partial charge >= 0.3 is 0 Å². The fourth-order valence-electron chi connectivity index (χ4n) is 3.07. The van der Waals surface area contributed by atoms with Crippen LogP contribution in [0.2, 0.25) is 0 Å². The topological polar surface area (TPSA) is 3.24 Å². The number of allylic oxidation sites excluding steroid dienone is 2. The quantitative estimate of drug-likeness (QED) is 0.525. The molecule has 1 saturated heterocycles. The molecule has 0 radical (unpaired) electrons. The Bertz CT molecular complexity index is 300. The molecule has 64 valence electrons. The van der Waals surface area contributed by atoms with Crippen molar-refractivity contribution in [2.24, 2.45) is 5.92 Å². The molecule has 2 fully saturated rings. The first-order valence-electron chi connectivity index (χ1n) is 4.84. The summed E-state index contributed by atoms with van der Waals surface area (Å²) in [6.45, 7) is 3.50. The lowest BCUT2D eigenvalue weighted by molar-refractivity contribution is 0.300. The van der Waals surface area contributed by atoms with E-state index in [1.54, 1.807) is 5.57 Å². The molecular weight excluding hydrogens is 146 g/mol. The van der Waals surface area contributed by atoms with Crippen molar-refractivity contribution in [3.05, 3.63) is 23.3 Å². The van der Waals surface area contributed by atoms with E-state index >= 15 is 0 Å². The summed E-state index contributed by atoms with van der Waals surface area (Å²) in [5.41, 5.74) is 3.70. The Labute approximate surface area is 73.8 Å². The minimum absolute atomic E-state index is 0.513. The molecule has 1 spiro atoms. The van der Waals surface area contributed by atoms with E-state index in [9.17, 15) is 0 Å². The van der Waals surface area contributed by atoms with E-state index in [1.165, 1.54) is 25.0 Å². The monoisotopic (exact) mass is 161 g/mol. The lowest BCUT2D eigenvalue weighted by Crippen LogP contribution is -2.30. The predicted molar refractivity (Wildman–Crippen MR) is 49.9 cm³/mol. The van der Waals surface area contributed by atoms with E-state index in [2.05, 4.69) is 31.0 Å². The van der Waals surface area contributed by atoms with Gasteiger partial charge in [0, 0.05) is 18.0 Å². The molecule has 0 aromatic carbocycles. The van der Waals surface area contributed by atoms with Crippen LogP contribution in [0.3, 0.4) is 0 Å². The molecule has 0 amide bonds. The largest absolute Gasteiger partial charge is 0.296 e. The Hall–Kier alpha value is -0.560. The zero-order chi connectivity index (χ0) is 8.34. The van der Waals surface area contributed by atoms with Crippen molar-refractivity contribution in [2.75, 3.05) is 13.6 Å². The summed E-state index contributed by atoms with van der Waals surface area (Å²) in [6.07, 6.45) is 7.54. The van der Waals surface area contributed by atoms with Gasteiger partial charge in [-0.15, -0.1) is 0 Å². The molecule has 3 aliphatic rings. The second-order valence-corrected chi connectivity index (χ2v) is 4.49. The van der Waals surface area contributed by atoms with Gasteiger partial charge in [-0.05, 0) is 32.4 Å². The Kier molecular flexibility index (Phi) is 1.06. The van der Waals surface area contributed by atoms with Gasteiger partial charge in [0.25, 0.3) is 0 Å². The lowest BCUT2D eigenvalue weighted by atomic mass is 9.95. The predicted octanol–water partition coefficient (Wildman–Crippen LogP) is 1.97. The summed E-state index contributed by atoms with van der Waals surface area (Å²) in [6, 6.07) is 0. The number of likely N-dealkylation sites (tertiary alicyclic amines) is 1. The van der Waals surface area contributed by atoms with Crippen LogP contribution in [-0.4, -0.2) is 24.0 Å². The van der Waals surface area contributed by atoms with Gasteiger partial charge in [-0.25, -0.2) is 0 Å². The molecule has 0 aromatic heterocycles. The fourth-order valence-corrected chi connectivity index (χ4v) is 3.07. The van der Waals surface area contributed by atoms with E-state index in [0.717, 1.165) is 5.92 Å². The molecule has 1 nitrogen and oxygen atoms in total. The average molecular weight is 161 g/mol. The van der Waals surface area contributed by atoms with Crippen molar-refractivity contribution in [3.8, 4) is 0 Å². The van der Waals surface area contributed by atoms with Gasteiger partial charge in [0.05, 0.1) is 0 Å². The minimum atomic E-state index is 0.513. The molecule has 0 aromatic rings. The van der Waals surface area contributed by atoms with Crippen molar-refractivity contribution in [2.45, 2.75) is 25.3 Å². The number of hydrogen-bond acceptors (Lipinski definition) is 1. The SMILES string of the molecule is CC1=CC2CC23C(=C1)CCN3C. The molecule has 1 heteroatoms. The molecule has 2 unspecified atom stereocenters. The van der Waals surface area contributed by atoms with Crippen LogP contribution in [0.5, 0.6) is 0 Å². The molecule has 3 rings (SSSR count). The molecule has 12 heavy (non-hydrogen) atoms. The molecule has 0 N–H and O–H groups in total. The highest BCUT2D eigenvalue weighted by molar-refractivity contribution is 5.47. The molecular formula is C11H15N. The third-order valence-electron chi connectivity index (χ3n) is 3.80. The Morgan fingerprint density at radius 3 is 3.25 bits per heavy atom. The van der Waals surface area contributed by atoms with E-state index in [-0.39, 0.29) is 0 Å². The van der Waals surface area contributed by atoms with Crippen LogP contribution >= 0.6 is 0 Å². The first-order chi connectivity index (χ1) is 5.73. The van der Waals surface area contributed by atoms with Gasteiger partial charge in [0.15, 0.2) is 0 Å². The third-order valence-corrected chi connectivity index (χ3v) is 3.80. The highest BCUT2D eigenvalue weighted by atomic mass is 15.2. The lowest BCUT2D eigenvalue weighted by Gasteiger charge is -2.23.